The lowest BCUT2D eigenvalue weighted by molar-refractivity contribution is 0.103. The van der Waals surface area contributed by atoms with Crippen LogP contribution in [0.2, 0.25) is 5.02 Å². The second-order valence-corrected chi connectivity index (χ2v) is 6.69. The molecule has 2 aromatic carbocycles. The largest absolute Gasteiger partial charge is 0.306 e. The molecule has 22 heavy (non-hydrogen) atoms. The molecule has 0 aliphatic carbocycles. The zero-order chi connectivity index (χ0) is 16.3. The summed E-state index contributed by atoms with van der Waals surface area (Å²) in [6.45, 7) is 0. The molecule has 5 nitrogen and oxygen atoms in total. The number of hydrogen-bond acceptors (Lipinski definition) is 3. The predicted octanol–water partition coefficient (Wildman–Crippen LogP) is 2.87. The van der Waals surface area contributed by atoms with Gasteiger partial charge in [0.05, 0.1) is 15.7 Å². The van der Waals surface area contributed by atoms with Crippen molar-refractivity contribution in [2.75, 3.05) is 0 Å². The molecule has 0 amide bonds. The Hall–Kier alpha value is -1.38. The standard InChI is InChI=1S/C14H11ClO5S2/c15-13-6-9(8-21(17)18)4-5-12(13)14(16)10-2-1-3-11(7-10)22(19)20/h1-7H,8H2,(H,17,18)(H,19,20). The van der Waals surface area contributed by atoms with Crippen LogP contribution in [0.4, 0.5) is 0 Å². The normalized spacial score (nSPS) is 13.6. The van der Waals surface area contributed by atoms with Gasteiger partial charge in [-0.05, 0) is 29.8 Å². The molecule has 0 bridgehead atoms. The molecule has 2 unspecified atom stereocenters. The van der Waals surface area contributed by atoms with Gasteiger partial charge in [0.2, 0.25) is 0 Å². The zero-order valence-electron chi connectivity index (χ0n) is 11.1. The molecule has 0 saturated carbocycles. The van der Waals surface area contributed by atoms with Crippen molar-refractivity contribution in [2.45, 2.75) is 10.6 Å². The van der Waals surface area contributed by atoms with Gasteiger partial charge in [0.1, 0.15) is 0 Å². The quantitative estimate of drug-likeness (QED) is 0.633. The first-order chi connectivity index (χ1) is 10.4. The summed E-state index contributed by atoms with van der Waals surface area (Å²) < 4.78 is 39.7. The predicted molar refractivity (Wildman–Crippen MR) is 84.8 cm³/mol. The number of carbonyl (C=O) groups excluding carboxylic acids is 1. The van der Waals surface area contributed by atoms with Crippen LogP contribution in [0.1, 0.15) is 21.5 Å². The Labute approximate surface area is 136 Å². The van der Waals surface area contributed by atoms with Crippen LogP contribution < -0.4 is 0 Å². The number of benzene rings is 2. The average Bonchev–Trinajstić information content (AvgIpc) is 2.46. The van der Waals surface area contributed by atoms with Crippen LogP contribution in [0.15, 0.2) is 47.4 Å². The summed E-state index contributed by atoms with van der Waals surface area (Å²) >= 11 is 1.88. The number of hydrogen-bond donors (Lipinski definition) is 2. The van der Waals surface area contributed by atoms with Gasteiger partial charge in [-0.1, -0.05) is 29.8 Å². The van der Waals surface area contributed by atoms with Gasteiger partial charge in [-0.3, -0.25) is 4.79 Å². The Morgan fingerprint density at radius 3 is 2.41 bits per heavy atom. The highest BCUT2D eigenvalue weighted by Crippen LogP contribution is 2.22. The molecule has 2 aromatic rings. The molecule has 0 aliphatic heterocycles. The maximum absolute atomic E-state index is 12.4. The van der Waals surface area contributed by atoms with Crippen molar-refractivity contribution in [3.8, 4) is 0 Å². The number of ketones is 1. The average molecular weight is 359 g/mol. The third kappa shape index (κ3) is 4.08. The van der Waals surface area contributed by atoms with E-state index in [0.29, 0.717) is 5.56 Å². The van der Waals surface area contributed by atoms with Gasteiger partial charge < -0.3 is 9.11 Å². The van der Waals surface area contributed by atoms with Crippen LogP contribution in [0.25, 0.3) is 0 Å². The van der Waals surface area contributed by atoms with Crippen LogP contribution in [0.5, 0.6) is 0 Å². The third-order valence-electron chi connectivity index (χ3n) is 2.87. The minimum Gasteiger partial charge on any atom is -0.306 e. The van der Waals surface area contributed by atoms with Crippen molar-refractivity contribution in [1.29, 1.82) is 0 Å². The maximum atomic E-state index is 12.4. The first-order valence-corrected chi connectivity index (χ1v) is 8.76. The van der Waals surface area contributed by atoms with Crippen LogP contribution in [0.3, 0.4) is 0 Å². The summed E-state index contributed by atoms with van der Waals surface area (Å²) in [7, 11) is 0. The molecule has 0 fully saturated rings. The fourth-order valence-electron chi connectivity index (χ4n) is 1.88. The summed E-state index contributed by atoms with van der Waals surface area (Å²) in [6, 6.07) is 10.3. The Morgan fingerprint density at radius 2 is 1.82 bits per heavy atom. The first kappa shape index (κ1) is 17.0. The van der Waals surface area contributed by atoms with Crippen LogP contribution >= 0.6 is 11.6 Å². The van der Waals surface area contributed by atoms with Gasteiger partial charge in [-0.25, -0.2) is 8.42 Å². The van der Waals surface area contributed by atoms with E-state index >= 15 is 0 Å². The molecule has 0 radical (unpaired) electrons. The van der Waals surface area contributed by atoms with Gasteiger partial charge in [0, 0.05) is 11.1 Å². The molecule has 0 aliphatic rings. The Kier molecular flexibility index (Phi) is 5.60. The Morgan fingerprint density at radius 1 is 1.09 bits per heavy atom. The van der Waals surface area contributed by atoms with E-state index in [2.05, 4.69) is 0 Å². The summed E-state index contributed by atoms with van der Waals surface area (Å²) in [6.07, 6.45) is 0. The maximum Gasteiger partial charge on any atom is 0.194 e. The lowest BCUT2D eigenvalue weighted by atomic mass is 10.0. The lowest BCUT2D eigenvalue weighted by Gasteiger charge is -2.06. The lowest BCUT2D eigenvalue weighted by Crippen LogP contribution is -2.04. The fourth-order valence-corrected chi connectivity index (χ4v) is 3.05. The zero-order valence-corrected chi connectivity index (χ0v) is 13.5. The van der Waals surface area contributed by atoms with E-state index in [1.807, 2.05) is 0 Å². The SMILES string of the molecule is O=C(c1cccc(S(=O)O)c1)c1ccc(CS(=O)O)cc1Cl. The van der Waals surface area contributed by atoms with Crippen molar-refractivity contribution in [3.05, 3.63) is 64.2 Å². The topological polar surface area (TPSA) is 91.7 Å². The van der Waals surface area contributed by atoms with Crippen molar-refractivity contribution in [3.63, 3.8) is 0 Å². The van der Waals surface area contributed by atoms with Gasteiger partial charge in [-0.2, -0.15) is 0 Å². The van der Waals surface area contributed by atoms with E-state index in [1.165, 1.54) is 36.4 Å². The number of rotatable bonds is 5. The molecule has 0 heterocycles. The fraction of sp³-hybridized carbons (Fsp3) is 0.0714. The van der Waals surface area contributed by atoms with Gasteiger partial charge in [0.15, 0.2) is 27.9 Å². The van der Waals surface area contributed by atoms with E-state index in [1.54, 1.807) is 6.07 Å². The highest BCUT2D eigenvalue weighted by atomic mass is 35.5. The van der Waals surface area contributed by atoms with Crippen molar-refractivity contribution < 1.29 is 22.3 Å². The second-order valence-electron chi connectivity index (χ2n) is 4.39. The molecular weight excluding hydrogens is 348 g/mol. The minimum atomic E-state index is -2.17. The molecular formula is C14H11ClO5S2. The molecule has 0 saturated heterocycles. The van der Waals surface area contributed by atoms with Gasteiger partial charge >= 0.3 is 0 Å². The molecule has 116 valence electrons. The molecule has 0 spiro atoms. The summed E-state index contributed by atoms with van der Waals surface area (Å²) in [4.78, 5) is 12.5. The highest BCUT2D eigenvalue weighted by Gasteiger charge is 2.15. The van der Waals surface area contributed by atoms with Crippen LogP contribution in [-0.2, 0) is 27.9 Å². The molecule has 2 rings (SSSR count). The van der Waals surface area contributed by atoms with Crippen molar-refractivity contribution in [1.82, 2.24) is 0 Å². The smallest absolute Gasteiger partial charge is 0.194 e. The molecule has 0 aromatic heterocycles. The number of carbonyl (C=O) groups is 1. The minimum absolute atomic E-state index is 0.0762. The second kappa shape index (κ2) is 7.26. The van der Waals surface area contributed by atoms with E-state index in [0.717, 1.165) is 0 Å². The Bertz CT molecular complexity index is 776. The third-order valence-corrected chi connectivity index (χ3v) is 4.42. The van der Waals surface area contributed by atoms with E-state index in [-0.39, 0.29) is 26.8 Å². The number of halogens is 1. The van der Waals surface area contributed by atoms with Crippen LogP contribution in [-0.4, -0.2) is 23.3 Å². The monoisotopic (exact) mass is 358 g/mol. The van der Waals surface area contributed by atoms with Gasteiger partial charge in [0.25, 0.3) is 0 Å². The van der Waals surface area contributed by atoms with E-state index in [4.69, 9.17) is 20.7 Å². The van der Waals surface area contributed by atoms with Crippen LogP contribution in [0, 0.1) is 0 Å². The summed E-state index contributed by atoms with van der Waals surface area (Å²) in [5.41, 5.74) is 0.989. The molecule has 2 atom stereocenters. The molecule has 8 heteroatoms. The first-order valence-electron chi connectivity index (χ1n) is 6.00. The van der Waals surface area contributed by atoms with Gasteiger partial charge in [-0.15, -0.1) is 0 Å². The van der Waals surface area contributed by atoms with E-state index < -0.39 is 27.9 Å². The van der Waals surface area contributed by atoms with Crippen molar-refractivity contribution in [2.24, 2.45) is 0 Å². The summed E-state index contributed by atoms with van der Waals surface area (Å²) in [5.74, 6) is -0.471. The highest BCUT2D eigenvalue weighted by molar-refractivity contribution is 7.79. The Balaban J connectivity index is 2.35. The molecule has 2 N–H and O–H groups in total. The van der Waals surface area contributed by atoms with E-state index in [9.17, 15) is 13.2 Å². The summed E-state index contributed by atoms with van der Waals surface area (Å²) in [5, 5.41) is 0.156. The van der Waals surface area contributed by atoms with Crippen molar-refractivity contribution >= 4 is 39.5 Å².